The number of aromatic nitrogens is 5. The van der Waals surface area contributed by atoms with Crippen LogP contribution in [0.4, 0.5) is 11.4 Å². The van der Waals surface area contributed by atoms with E-state index in [2.05, 4.69) is 42.5 Å². The molecule has 2 amide bonds. The van der Waals surface area contributed by atoms with E-state index in [1.807, 2.05) is 36.1 Å². The lowest BCUT2D eigenvalue weighted by Crippen LogP contribution is -2.35. The van der Waals surface area contributed by atoms with Gasteiger partial charge in [-0.05, 0) is 64.3 Å². The van der Waals surface area contributed by atoms with Crippen LogP contribution in [0.25, 0.3) is 22.3 Å². The summed E-state index contributed by atoms with van der Waals surface area (Å²) >= 11 is 0. The quantitative estimate of drug-likeness (QED) is 0.320. The summed E-state index contributed by atoms with van der Waals surface area (Å²) in [4.78, 5) is 40.1. The van der Waals surface area contributed by atoms with Gasteiger partial charge in [0.15, 0.2) is 0 Å². The predicted molar refractivity (Wildman–Crippen MR) is 152 cm³/mol. The fraction of sp³-hybridized carbons (Fsp3) is 0.414. The monoisotopic (exact) mass is 542 g/mol. The lowest BCUT2D eigenvalue weighted by Gasteiger charge is -2.22. The first-order valence-electron chi connectivity index (χ1n) is 13.9. The fourth-order valence-electron chi connectivity index (χ4n) is 5.46. The number of H-pyrrole nitrogens is 1. The van der Waals surface area contributed by atoms with Crippen LogP contribution in [0.15, 0.2) is 43.0 Å². The molecule has 2 aliphatic heterocycles. The summed E-state index contributed by atoms with van der Waals surface area (Å²) in [7, 11) is 0. The third kappa shape index (κ3) is 5.61. The molecule has 2 fully saturated rings. The number of aromatic amines is 1. The summed E-state index contributed by atoms with van der Waals surface area (Å²) in [6, 6.07) is 6.29. The summed E-state index contributed by atoms with van der Waals surface area (Å²) in [5, 5.41) is 11.2. The zero-order chi connectivity index (χ0) is 27.6. The first-order valence-corrected chi connectivity index (χ1v) is 13.9. The van der Waals surface area contributed by atoms with Crippen LogP contribution in [0.5, 0.6) is 0 Å². The molecule has 6 rings (SSSR count). The third-order valence-corrected chi connectivity index (χ3v) is 7.87. The van der Waals surface area contributed by atoms with Crippen molar-refractivity contribution in [3.8, 4) is 11.3 Å². The molecule has 6 heterocycles. The predicted octanol–water partition coefficient (Wildman–Crippen LogP) is 4.16. The number of aryl methyl sites for hydroxylation is 1. The van der Waals surface area contributed by atoms with Gasteiger partial charge in [-0.2, -0.15) is 5.10 Å². The highest BCUT2D eigenvalue weighted by molar-refractivity contribution is 6.06. The molecule has 3 N–H and O–H groups in total. The minimum Gasteiger partial charge on any atom is -0.381 e. The molecule has 0 aromatic carbocycles. The van der Waals surface area contributed by atoms with Crippen LogP contribution in [0.1, 0.15) is 54.7 Å². The van der Waals surface area contributed by atoms with Crippen molar-refractivity contribution in [2.75, 3.05) is 36.9 Å². The molecule has 2 aliphatic rings. The maximum Gasteiger partial charge on any atom is 0.257 e. The summed E-state index contributed by atoms with van der Waals surface area (Å²) in [5.41, 5.74) is 4.71. The van der Waals surface area contributed by atoms with Gasteiger partial charge in [-0.1, -0.05) is 0 Å². The largest absolute Gasteiger partial charge is 0.381 e. The van der Waals surface area contributed by atoms with E-state index >= 15 is 0 Å². The standard InChI is InChI=1S/C29H34N8O3/c1-18-4-3-7-36(18)17-27(38)33-23-12-25(19(2)30-15-23)35-29(39)21-10-20-11-26(34-28(20)31-13-21)22-14-32-37(16-22)24-5-8-40-9-6-24/h10-16,18,24H,3-9,17H2,1-2H3,(H,31,34)(H,33,38)(H,35,39). The number of nitrogens with zero attached hydrogens (tertiary/aromatic N) is 5. The molecule has 1 unspecified atom stereocenters. The van der Waals surface area contributed by atoms with Crippen molar-refractivity contribution >= 4 is 34.2 Å². The molecule has 4 aromatic heterocycles. The van der Waals surface area contributed by atoms with Crippen molar-refractivity contribution in [1.29, 1.82) is 0 Å². The van der Waals surface area contributed by atoms with Gasteiger partial charge >= 0.3 is 0 Å². The van der Waals surface area contributed by atoms with E-state index in [1.54, 1.807) is 18.5 Å². The van der Waals surface area contributed by atoms with E-state index in [0.717, 1.165) is 62.1 Å². The van der Waals surface area contributed by atoms with Gasteiger partial charge in [0.2, 0.25) is 5.91 Å². The van der Waals surface area contributed by atoms with Gasteiger partial charge in [-0.3, -0.25) is 24.2 Å². The van der Waals surface area contributed by atoms with Crippen LogP contribution in [0.3, 0.4) is 0 Å². The third-order valence-electron chi connectivity index (χ3n) is 7.87. The Balaban J connectivity index is 1.14. The molecule has 11 heteroatoms. The van der Waals surface area contributed by atoms with Gasteiger partial charge in [0.25, 0.3) is 5.91 Å². The van der Waals surface area contributed by atoms with Gasteiger partial charge in [0.1, 0.15) is 5.65 Å². The highest BCUT2D eigenvalue weighted by atomic mass is 16.5. The molecular formula is C29H34N8O3. The van der Waals surface area contributed by atoms with Crippen molar-refractivity contribution in [2.24, 2.45) is 0 Å². The molecule has 40 heavy (non-hydrogen) atoms. The summed E-state index contributed by atoms with van der Waals surface area (Å²) in [5.74, 6) is -0.392. The number of nitrogens with one attached hydrogen (secondary N) is 3. The maximum absolute atomic E-state index is 13.2. The second-order valence-electron chi connectivity index (χ2n) is 10.7. The molecular weight excluding hydrogens is 508 g/mol. The molecule has 11 nitrogen and oxygen atoms in total. The number of amides is 2. The van der Waals surface area contributed by atoms with Crippen LogP contribution >= 0.6 is 0 Å². The number of anilines is 2. The molecule has 4 aromatic rings. The SMILES string of the molecule is Cc1ncc(NC(=O)CN2CCCC2C)cc1NC(=O)c1cnc2[nH]c(-c3cnn(C4CCOCC4)c3)cc2c1. The first kappa shape index (κ1) is 26.1. The summed E-state index contributed by atoms with van der Waals surface area (Å²) in [6.45, 7) is 6.75. The van der Waals surface area contributed by atoms with Gasteiger partial charge in [0, 0.05) is 42.6 Å². The number of hydrogen-bond acceptors (Lipinski definition) is 7. The molecule has 0 aliphatic carbocycles. The second kappa shape index (κ2) is 11.2. The minimum atomic E-state index is -0.302. The summed E-state index contributed by atoms with van der Waals surface area (Å²) < 4.78 is 7.47. The zero-order valence-corrected chi connectivity index (χ0v) is 22.8. The normalized spacial score (nSPS) is 18.3. The number of pyridine rings is 2. The smallest absolute Gasteiger partial charge is 0.257 e. The van der Waals surface area contributed by atoms with Gasteiger partial charge in [-0.25, -0.2) is 4.98 Å². The van der Waals surface area contributed by atoms with E-state index in [0.29, 0.717) is 46.9 Å². The van der Waals surface area contributed by atoms with Gasteiger partial charge < -0.3 is 20.4 Å². The van der Waals surface area contributed by atoms with E-state index in [-0.39, 0.29) is 11.8 Å². The number of carbonyl (C=O) groups is 2. The Morgan fingerprint density at radius 3 is 2.73 bits per heavy atom. The maximum atomic E-state index is 13.2. The van der Waals surface area contributed by atoms with Crippen molar-refractivity contribution in [3.63, 3.8) is 0 Å². The van der Waals surface area contributed by atoms with E-state index < -0.39 is 0 Å². The van der Waals surface area contributed by atoms with Gasteiger partial charge in [-0.15, -0.1) is 0 Å². The van der Waals surface area contributed by atoms with Crippen molar-refractivity contribution in [2.45, 2.75) is 51.6 Å². The Morgan fingerprint density at radius 1 is 1.07 bits per heavy atom. The van der Waals surface area contributed by atoms with Crippen molar-refractivity contribution in [1.82, 2.24) is 29.6 Å². The number of hydrogen-bond donors (Lipinski definition) is 3. The topological polar surface area (TPSA) is 130 Å². The molecule has 208 valence electrons. The average molecular weight is 543 g/mol. The number of carbonyl (C=O) groups excluding carboxylic acids is 2. The van der Waals surface area contributed by atoms with E-state index in [1.165, 1.54) is 0 Å². The molecule has 0 radical (unpaired) electrons. The lowest BCUT2D eigenvalue weighted by atomic mass is 10.1. The lowest BCUT2D eigenvalue weighted by molar-refractivity contribution is -0.117. The van der Waals surface area contributed by atoms with Gasteiger partial charge in [0.05, 0.1) is 53.3 Å². The van der Waals surface area contributed by atoms with Crippen LogP contribution < -0.4 is 10.6 Å². The molecule has 1 atom stereocenters. The first-order chi connectivity index (χ1) is 19.4. The average Bonchev–Trinajstić information content (AvgIpc) is 3.70. The van der Waals surface area contributed by atoms with Crippen LogP contribution in [0.2, 0.25) is 0 Å². The highest BCUT2D eigenvalue weighted by Gasteiger charge is 2.23. The van der Waals surface area contributed by atoms with Crippen LogP contribution in [-0.4, -0.2) is 73.8 Å². The Kier molecular flexibility index (Phi) is 7.31. The van der Waals surface area contributed by atoms with E-state index in [9.17, 15) is 9.59 Å². The number of fused-ring (bicyclic) bond motifs is 1. The van der Waals surface area contributed by atoms with Crippen molar-refractivity contribution < 1.29 is 14.3 Å². The van der Waals surface area contributed by atoms with E-state index in [4.69, 9.17) is 4.74 Å². The number of likely N-dealkylation sites (tertiary alicyclic amines) is 1. The molecule has 0 saturated carbocycles. The second-order valence-corrected chi connectivity index (χ2v) is 10.7. The molecule has 0 spiro atoms. The zero-order valence-electron chi connectivity index (χ0n) is 22.8. The minimum absolute atomic E-state index is 0.0899. The van der Waals surface area contributed by atoms with Crippen LogP contribution in [0, 0.1) is 6.92 Å². The Morgan fingerprint density at radius 2 is 1.93 bits per heavy atom. The Labute approximate surface area is 232 Å². The molecule has 2 saturated heterocycles. The Bertz CT molecular complexity index is 1540. The number of rotatable bonds is 7. The number of ether oxygens (including phenoxy) is 1. The van der Waals surface area contributed by atoms with Crippen LogP contribution in [-0.2, 0) is 9.53 Å². The highest BCUT2D eigenvalue weighted by Crippen LogP contribution is 2.27. The fourth-order valence-corrected chi connectivity index (χ4v) is 5.46. The van der Waals surface area contributed by atoms with Crippen molar-refractivity contribution in [3.05, 3.63) is 54.2 Å². The summed E-state index contributed by atoms with van der Waals surface area (Å²) in [6.07, 6.45) is 11.2. The molecule has 0 bridgehead atoms. The Hall–Kier alpha value is -4.09.